The number of nitrogens with zero attached hydrogens (tertiary/aromatic N) is 1. The Hall–Kier alpha value is -2.14. The van der Waals surface area contributed by atoms with Crippen molar-refractivity contribution in [2.24, 2.45) is 0 Å². The van der Waals surface area contributed by atoms with E-state index < -0.39 is 23.6 Å². The normalized spacial score (nSPS) is 19.0. The second-order valence-corrected chi connectivity index (χ2v) is 5.58. The van der Waals surface area contributed by atoms with Gasteiger partial charge in [0.25, 0.3) is 0 Å². The largest absolute Gasteiger partial charge is 0.413 e. The molecule has 0 N–H and O–H groups in total. The van der Waals surface area contributed by atoms with Crippen LogP contribution in [0.2, 0.25) is 0 Å². The van der Waals surface area contributed by atoms with Crippen molar-refractivity contribution in [3.8, 4) is 0 Å². The average Bonchev–Trinajstić information content (AvgIpc) is 2.93. The lowest BCUT2D eigenvalue weighted by Gasteiger charge is -2.25. The van der Waals surface area contributed by atoms with Crippen LogP contribution >= 0.6 is 0 Å². The molecule has 3 rings (SSSR count). The molecule has 0 spiro atoms. The molecule has 5 heteroatoms. The third-order valence-corrected chi connectivity index (χ3v) is 3.93. The number of hydrogen-bond donors (Lipinski definition) is 0. The van der Waals surface area contributed by atoms with Crippen molar-refractivity contribution in [3.63, 3.8) is 0 Å². The average molecular weight is 321 g/mol. The molecule has 1 atom stereocenters. The molecule has 120 valence electrons. The summed E-state index contributed by atoms with van der Waals surface area (Å²) in [5.41, 5.74) is 1.04. The van der Waals surface area contributed by atoms with Gasteiger partial charge >= 0.3 is 6.18 Å². The number of halogens is 4. The summed E-state index contributed by atoms with van der Waals surface area (Å²) in [6, 6.07) is 14.5. The zero-order valence-corrected chi connectivity index (χ0v) is 12.2. The number of rotatable bonds is 3. The highest BCUT2D eigenvalue weighted by atomic mass is 19.4. The standard InChI is InChI=1S/C18H15F4N/c19-16-8-6-14(7-9-16)17-10-15(18(20,21)22)12-23(17)11-13-4-2-1-3-5-13/h1-10,17H,11-12H2. The summed E-state index contributed by atoms with van der Waals surface area (Å²) < 4.78 is 52.3. The van der Waals surface area contributed by atoms with Gasteiger partial charge < -0.3 is 0 Å². The van der Waals surface area contributed by atoms with Crippen molar-refractivity contribution in [2.45, 2.75) is 18.8 Å². The highest BCUT2D eigenvalue weighted by molar-refractivity contribution is 5.32. The molecule has 0 saturated carbocycles. The quantitative estimate of drug-likeness (QED) is 0.576. The first-order valence-electron chi connectivity index (χ1n) is 7.25. The molecule has 1 aliphatic rings. The zero-order valence-electron chi connectivity index (χ0n) is 12.2. The molecular weight excluding hydrogens is 306 g/mol. The minimum absolute atomic E-state index is 0.166. The molecule has 0 fully saturated rings. The van der Waals surface area contributed by atoms with Crippen LogP contribution < -0.4 is 0 Å². The van der Waals surface area contributed by atoms with Crippen LogP contribution in [0, 0.1) is 5.82 Å². The van der Waals surface area contributed by atoms with E-state index in [0.29, 0.717) is 12.1 Å². The fraction of sp³-hybridized carbons (Fsp3) is 0.222. The topological polar surface area (TPSA) is 3.24 Å². The van der Waals surface area contributed by atoms with Gasteiger partial charge in [-0.15, -0.1) is 0 Å². The molecule has 0 bridgehead atoms. The summed E-state index contributed by atoms with van der Waals surface area (Å²) in [6.07, 6.45) is -3.11. The summed E-state index contributed by atoms with van der Waals surface area (Å²) in [4.78, 5) is 1.74. The van der Waals surface area contributed by atoms with Crippen molar-refractivity contribution in [2.75, 3.05) is 6.54 Å². The van der Waals surface area contributed by atoms with E-state index in [1.54, 1.807) is 4.90 Å². The molecular formula is C18H15F4N. The van der Waals surface area contributed by atoms with E-state index >= 15 is 0 Å². The van der Waals surface area contributed by atoms with Gasteiger partial charge in [0, 0.05) is 18.7 Å². The Morgan fingerprint density at radius 3 is 2.22 bits per heavy atom. The first kappa shape index (κ1) is 15.7. The summed E-state index contributed by atoms with van der Waals surface area (Å²) in [6.45, 7) is 0.236. The van der Waals surface area contributed by atoms with Crippen LogP contribution in [-0.2, 0) is 6.54 Å². The Bertz CT molecular complexity index is 689. The zero-order chi connectivity index (χ0) is 16.4. The second kappa shape index (κ2) is 6.16. The van der Waals surface area contributed by atoms with Crippen molar-refractivity contribution in [3.05, 3.63) is 83.2 Å². The lowest BCUT2D eigenvalue weighted by Crippen LogP contribution is -2.26. The summed E-state index contributed by atoms with van der Waals surface area (Å²) in [5.74, 6) is -0.401. The first-order chi connectivity index (χ1) is 10.9. The molecule has 0 saturated heterocycles. The van der Waals surface area contributed by atoms with Crippen LogP contribution in [0.3, 0.4) is 0 Å². The fourth-order valence-electron chi connectivity index (χ4n) is 2.79. The van der Waals surface area contributed by atoms with Gasteiger partial charge in [-0.1, -0.05) is 48.5 Å². The number of alkyl halides is 3. The molecule has 1 unspecified atom stereocenters. The van der Waals surface area contributed by atoms with Gasteiger partial charge in [0.05, 0.1) is 6.04 Å². The van der Waals surface area contributed by atoms with Crippen molar-refractivity contribution in [1.29, 1.82) is 0 Å². The molecule has 0 aliphatic carbocycles. The molecule has 2 aromatic rings. The van der Waals surface area contributed by atoms with Crippen molar-refractivity contribution >= 4 is 0 Å². The lowest BCUT2D eigenvalue weighted by atomic mass is 10.1. The van der Waals surface area contributed by atoms with Gasteiger partial charge in [-0.25, -0.2) is 4.39 Å². The minimum atomic E-state index is -4.34. The van der Waals surface area contributed by atoms with E-state index in [9.17, 15) is 17.6 Å². The highest BCUT2D eigenvalue weighted by Gasteiger charge is 2.40. The Balaban J connectivity index is 1.89. The predicted octanol–water partition coefficient (Wildman–Crippen LogP) is 4.87. The van der Waals surface area contributed by atoms with Crippen LogP contribution in [0.4, 0.5) is 17.6 Å². The SMILES string of the molecule is Fc1ccc(C2C=C(C(F)(F)F)CN2Cc2ccccc2)cc1. The van der Waals surface area contributed by atoms with Crippen LogP contribution in [0.25, 0.3) is 0 Å². The maximum atomic E-state index is 13.1. The maximum Gasteiger partial charge on any atom is 0.413 e. The van der Waals surface area contributed by atoms with Crippen LogP contribution in [0.15, 0.2) is 66.2 Å². The summed E-state index contributed by atoms with van der Waals surface area (Å²) in [7, 11) is 0. The Morgan fingerprint density at radius 1 is 0.957 bits per heavy atom. The molecule has 1 nitrogen and oxygen atoms in total. The number of hydrogen-bond acceptors (Lipinski definition) is 1. The van der Waals surface area contributed by atoms with Crippen LogP contribution in [0.5, 0.6) is 0 Å². The molecule has 0 radical (unpaired) electrons. The molecule has 1 aliphatic heterocycles. The third kappa shape index (κ3) is 3.62. The van der Waals surface area contributed by atoms with E-state index in [2.05, 4.69) is 0 Å². The van der Waals surface area contributed by atoms with Crippen LogP contribution in [-0.4, -0.2) is 17.6 Å². The second-order valence-electron chi connectivity index (χ2n) is 5.58. The van der Waals surface area contributed by atoms with Gasteiger partial charge in [-0.3, -0.25) is 4.90 Å². The molecule has 2 aromatic carbocycles. The number of benzene rings is 2. The van der Waals surface area contributed by atoms with E-state index in [-0.39, 0.29) is 6.54 Å². The third-order valence-electron chi connectivity index (χ3n) is 3.93. The smallest absolute Gasteiger partial charge is 0.284 e. The predicted molar refractivity (Wildman–Crippen MR) is 80.1 cm³/mol. The van der Waals surface area contributed by atoms with E-state index in [0.717, 1.165) is 5.56 Å². The molecule has 0 amide bonds. The van der Waals surface area contributed by atoms with Crippen molar-refractivity contribution in [1.82, 2.24) is 4.90 Å². The van der Waals surface area contributed by atoms with E-state index in [1.165, 1.54) is 30.3 Å². The first-order valence-corrected chi connectivity index (χ1v) is 7.25. The minimum Gasteiger partial charge on any atom is -0.284 e. The maximum absolute atomic E-state index is 13.1. The fourth-order valence-corrected chi connectivity index (χ4v) is 2.79. The van der Waals surface area contributed by atoms with Crippen molar-refractivity contribution < 1.29 is 17.6 Å². The Kier molecular flexibility index (Phi) is 4.22. The van der Waals surface area contributed by atoms with Gasteiger partial charge in [-0.2, -0.15) is 13.2 Å². The van der Waals surface area contributed by atoms with Gasteiger partial charge in [0.1, 0.15) is 5.82 Å². The highest BCUT2D eigenvalue weighted by Crippen LogP contribution is 2.38. The van der Waals surface area contributed by atoms with Crippen LogP contribution in [0.1, 0.15) is 17.2 Å². The van der Waals surface area contributed by atoms with Gasteiger partial charge in [0.2, 0.25) is 0 Å². The molecule has 23 heavy (non-hydrogen) atoms. The molecule has 0 aromatic heterocycles. The van der Waals surface area contributed by atoms with E-state index in [4.69, 9.17) is 0 Å². The van der Waals surface area contributed by atoms with E-state index in [1.807, 2.05) is 30.3 Å². The Labute approximate surface area is 131 Å². The monoisotopic (exact) mass is 321 g/mol. The summed E-state index contributed by atoms with van der Waals surface area (Å²) in [5, 5.41) is 0. The lowest BCUT2D eigenvalue weighted by molar-refractivity contribution is -0.0937. The van der Waals surface area contributed by atoms with Gasteiger partial charge in [0.15, 0.2) is 0 Å². The molecule has 1 heterocycles. The van der Waals surface area contributed by atoms with Gasteiger partial charge in [-0.05, 0) is 23.3 Å². The summed E-state index contributed by atoms with van der Waals surface area (Å²) >= 11 is 0. The Morgan fingerprint density at radius 2 is 1.61 bits per heavy atom.